The van der Waals surface area contributed by atoms with Gasteiger partial charge in [0, 0.05) is 24.0 Å². The molecule has 0 spiro atoms. The summed E-state index contributed by atoms with van der Waals surface area (Å²) in [7, 11) is 0. The summed E-state index contributed by atoms with van der Waals surface area (Å²) in [5.74, 6) is -0.221. The van der Waals surface area contributed by atoms with E-state index >= 15 is 0 Å². The predicted octanol–water partition coefficient (Wildman–Crippen LogP) is 2.82. The molecule has 2 rings (SSSR count). The zero-order valence-electron chi connectivity index (χ0n) is 10.8. The molecule has 0 aliphatic rings. The maximum Gasteiger partial charge on any atom is 0.123 e. The first-order chi connectivity index (χ1) is 9.16. The summed E-state index contributed by atoms with van der Waals surface area (Å²) in [6.07, 6.45) is 4.39. The average molecular weight is 260 g/mol. The van der Waals surface area contributed by atoms with Gasteiger partial charge in [0.05, 0.1) is 0 Å². The molecule has 1 heterocycles. The van der Waals surface area contributed by atoms with Crippen molar-refractivity contribution in [2.24, 2.45) is 0 Å². The molecule has 0 saturated heterocycles. The Balaban J connectivity index is 1.91. The van der Waals surface area contributed by atoms with Gasteiger partial charge in [-0.15, -0.1) is 0 Å². The molecule has 1 atom stereocenters. The Labute approximate surface area is 112 Å². The highest BCUT2D eigenvalue weighted by Gasteiger charge is 2.10. The van der Waals surface area contributed by atoms with Crippen LogP contribution in [0.3, 0.4) is 0 Å². The molecule has 0 aliphatic carbocycles. The van der Waals surface area contributed by atoms with Crippen molar-refractivity contribution in [1.29, 1.82) is 0 Å². The number of phenols is 1. The van der Waals surface area contributed by atoms with E-state index in [4.69, 9.17) is 0 Å². The van der Waals surface area contributed by atoms with E-state index in [9.17, 15) is 9.50 Å². The number of benzene rings is 1. The minimum absolute atomic E-state index is 0.0995. The highest BCUT2D eigenvalue weighted by Crippen LogP contribution is 2.24. The van der Waals surface area contributed by atoms with Gasteiger partial charge in [-0.1, -0.05) is 0 Å². The van der Waals surface area contributed by atoms with E-state index in [1.165, 1.54) is 23.8 Å². The van der Waals surface area contributed by atoms with Crippen molar-refractivity contribution in [2.45, 2.75) is 19.4 Å². The molecule has 0 radical (unpaired) electrons. The van der Waals surface area contributed by atoms with E-state index < -0.39 is 0 Å². The maximum atomic E-state index is 13.1. The van der Waals surface area contributed by atoms with Crippen LogP contribution in [-0.4, -0.2) is 16.6 Å². The van der Waals surface area contributed by atoms with Crippen molar-refractivity contribution in [1.82, 2.24) is 10.3 Å². The lowest BCUT2D eigenvalue weighted by Crippen LogP contribution is -2.21. The molecule has 1 aromatic heterocycles. The summed E-state index contributed by atoms with van der Waals surface area (Å²) < 4.78 is 13.1. The van der Waals surface area contributed by atoms with E-state index in [-0.39, 0.29) is 17.6 Å². The average Bonchev–Trinajstić information content (AvgIpc) is 2.42. The van der Waals surface area contributed by atoms with E-state index in [1.807, 2.05) is 19.1 Å². The molecule has 0 fully saturated rings. The van der Waals surface area contributed by atoms with Crippen molar-refractivity contribution < 1.29 is 9.50 Å². The molecule has 1 unspecified atom stereocenters. The number of hydrogen-bond donors (Lipinski definition) is 2. The first-order valence-corrected chi connectivity index (χ1v) is 6.27. The van der Waals surface area contributed by atoms with Gasteiger partial charge in [0.25, 0.3) is 0 Å². The molecular weight excluding hydrogens is 243 g/mol. The van der Waals surface area contributed by atoms with Crippen LogP contribution in [0.1, 0.15) is 24.1 Å². The van der Waals surface area contributed by atoms with Crippen LogP contribution in [0.25, 0.3) is 0 Å². The summed E-state index contributed by atoms with van der Waals surface area (Å²) in [6, 6.07) is 7.82. The van der Waals surface area contributed by atoms with Gasteiger partial charge in [-0.3, -0.25) is 4.98 Å². The first kappa shape index (κ1) is 13.5. The monoisotopic (exact) mass is 260 g/mol. The Hall–Kier alpha value is -1.94. The van der Waals surface area contributed by atoms with Gasteiger partial charge in [0.1, 0.15) is 11.6 Å². The van der Waals surface area contributed by atoms with Gasteiger partial charge in [0.15, 0.2) is 0 Å². The fraction of sp³-hybridized carbons (Fsp3) is 0.267. The molecular formula is C15H17FN2O. The summed E-state index contributed by atoms with van der Waals surface area (Å²) in [5.41, 5.74) is 1.77. The number of aromatic hydroxyl groups is 1. The maximum absolute atomic E-state index is 13.1. The molecule has 0 saturated carbocycles. The van der Waals surface area contributed by atoms with Gasteiger partial charge in [-0.05, 0) is 55.8 Å². The van der Waals surface area contributed by atoms with Gasteiger partial charge >= 0.3 is 0 Å². The Morgan fingerprint density at radius 2 is 2.00 bits per heavy atom. The second-order valence-electron chi connectivity index (χ2n) is 4.48. The highest BCUT2D eigenvalue weighted by molar-refractivity contribution is 5.34. The van der Waals surface area contributed by atoms with E-state index in [0.717, 1.165) is 13.0 Å². The smallest absolute Gasteiger partial charge is 0.123 e. The largest absolute Gasteiger partial charge is 0.508 e. The molecule has 2 N–H and O–H groups in total. The van der Waals surface area contributed by atoms with Crippen molar-refractivity contribution in [2.75, 3.05) is 6.54 Å². The van der Waals surface area contributed by atoms with Gasteiger partial charge in [-0.2, -0.15) is 0 Å². The van der Waals surface area contributed by atoms with Crippen molar-refractivity contribution in [3.63, 3.8) is 0 Å². The molecule has 0 amide bonds. The number of phenolic OH excluding ortho intramolecular Hbond substituents is 1. The molecule has 19 heavy (non-hydrogen) atoms. The van der Waals surface area contributed by atoms with Crippen molar-refractivity contribution in [3.05, 3.63) is 59.7 Å². The fourth-order valence-corrected chi connectivity index (χ4v) is 1.96. The van der Waals surface area contributed by atoms with Crippen molar-refractivity contribution >= 4 is 0 Å². The Kier molecular flexibility index (Phi) is 4.47. The van der Waals surface area contributed by atoms with Crippen LogP contribution < -0.4 is 5.32 Å². The fourth-order valence-electron chi connectivity index (χ4n) is 1.96. The van der Waals surface area contributed by atoms with Crippen LogP contribution in [0.15, 0.2) is 42.7 Å². The lowest BCUT2D eigenvalue weighted by Gasteiger charge is -2.15. The van der Waals surface area contributed by atoms with E-state index in [1.54, 1.807) is 12.4 Å². The van der Waals surface area contributed by atoms with Crippen LogP contribution in [-0.2, 0) is 6.42 Å². The Morgan fingerprint density at radius 3 is 2.74 bits per heavy atom. The van der Waals surface area contributed by atoms with Gasteiger partial charge in [-0.25, -0.2) is 4.39 Å². The molecule has 1 aromatic carbocycles. The first-order valence-electron chi connectivity index (χ1n) is 6.27. The topological polar surface area (TPSA) is 45.2 Å². The molecule has 4 heteroatoms. The Bertz CT molecular complexity index is 531. The Morgan fingerprint density at radius 1 is 1.26 bits per heavy atom. The lowest BCUT2D eigenvalue weighted by molar-refractivity contribution is 0.450. The molecule has 3 nitrogen and oxygen atoms in total. The molecule has 2 aromatic rings. The standard InChI is InChI=1S/C15H17FN2O/c1-11(14-10-13(16)2-3-15(14)19)18-9-6-12-4-7-17-8-5-12/h2-5,7-8,10-11,18-19H,6,9H2,1H3. The summed E-state index contributed by atoms with van der Waals surface area (Å²) in [5, 5.41) is 13.0. The zero-order chi connectivity index (χ0) is 13.7. The molecule has 100 valence electrons. The van der Waals surface area contributed by atoms with Crippen LogP contribution in [0, 0.1) is 5.82 Å². The van der Waals surface area contributed by atoms with E-state index in [2.05, 4.69) is 10.3 Å². The number of rotatable bonds is 5. The van der Waals surface area contributed by atoms with Gasteiger partial charge in [0.2, 0.25) is 0 Å². The summed E-state index contributed by atoms with van der Waals surface area (Å²) in [6.45, 7) is 2.65. The van der Waals surface area contributed by atoms with E-state index in [0.29, 0.717) is 5.56 Å². The summed E-state index contributed by atoms with van der Waals surface area (Å²) >= 11 is 0. The summed E-state index contributed by atoms with van der Waals surface area (Å²) in [4.78, 5) is 3.96. The van der Waals surface area contributed by atoms with Gasteiger partial charge < -0.3 is 10.4 Å². The van der Waals surface area contributed by atoms with Crippen molar-refractivity contribution in [3.8, 4) is 5.75 Å². The second-order valence-corrected chi connectivity index (χ2v) is 4.48. The lowest BCUT2D eigenvalue weighted by atomic mass is 10.1. The third kappa shape index (κ3) is 3.76. The quantitative estimate of drug-likeness (QED) is 0.869. The number of hydrogen-bond acceptors (Lipinski definition) is 3. The number of nitrogens with zero attached hydrogens (tertiary/aromatic N) is 1. The number of halogens is 1. The minimum atomic E-state index is -0.337. The van der Waals surface area contributed by atoms with Crippen LogP contribution in [0.5, 0.6) is 5.75 Å². The third-order valence-corrected chi connectivity index (χ3v) is 3.07. The highest BCUT2D eigenvalue weighted by atomic mass is 19.1. The number of nitrogens with one attached hydrogen (secondary N) is 1. The van der Waals surface area contributed by atoms with Crippen LogP contribution in [0.4, 0.5) is 4.39 Å². The molecule has 0 bridgehead atoms. The minimum Gasteiger partial charge on any atom is -0.508 e. The number of pyridine rings is 1. The van der Waals surface area contributed by atoms with Crippen LogP contribution >= 0.6 is 0 Å². The zero-order valence-corrected chi connectivity index (χ0v) is 10.8. The third-order valence-electron chi connectivity index (χ3n) is 3.07. The molecule has 0 aliphatic heterocycles. The SMILES string of the molecule is CC(NCCc1ccncc1)c1cc(F)ccc1O. The number of aromatic nitrogens is 1. The predicted molar refractivity (Wildman–Crippen MR) is 72.4 cm³/mol. The second kappa shape index (κ2) is 6.29. The normalized spacial score (nSPS) is 12.3. The van der Waals surface area contributed by atoms with Crippen LogP contribution in [0.2, 0.25) is 0 Å².